The Morgan fingerprint density at radius 2 is 2.00 bits per heavy atom. The summed E-state index contributed by atoms with van der Waals surface area (Å²) in [6.45, 7) is 10.00. The first kappa shape index (κ1) is 17.2. The first-order chi connectivity index (χ1) is 11.4. The summed E-state index contributed by atoms with van der Waals surface area (Å²) in [5, 5.41) is 4.15. The lowest BCUT2D eigenvalue weighted by molar-refractivity contribution is 0.0253. The first-order valence-corrected chi connectivity index (χ1v) is 9.15. The van der Waals surface area contributed by atoms with Crippen molar-refractivity contribution in [2.45, 2.75) is 52.1 Å². The quantitative estimate of drug-likeness (QED) is 0.886. The third kappa shape index (κ3) is 4.24. The molecular weight excluding hydrogens is 322 g/mol. The van der Waals surface area contributed by atoms with E-state index < -0.39 is 0 Å². The summed E-state index contributed by atoms with van der Waals surface area (Å²) in [6, 6.07) is 6.14. The Morgan fingerprint density at radius 3 is 2.62 bits per heavy atom. The van der Waals surface area contributed by atoms with Crippen molar-refractivity contribution in [1.29, 1.82) is 0 Å². The molecule has 0 radical (unpaired) electrons. The van der Waals surface area contributed by atoms with E-state index in [1.54, 1.807) is 0 Å². The van der Waals surface area contributed by atoms with Crippen molar-refractivity contribution in [3.63, 3.8) is 0 Å². The van der Waals surface area contributed by atoms with Gasteiger partial charge < -0.3 is 14.8 Å². The van der Waals surface area contributed by atoms with E-state index >= 15 is 0 Å². The molecule has 0 bridgehead atoms. The molecule has 1 aromatic carbocycles. The van der Waals surface area contributed by atoms with E-state index in [0.29, 0.717) is 0 Å². The third-order valence-corrected chi connectivity index (χ3v) is 4.62. The van der Waals surface area contributed by atoms with Crippen LogP contribution in [-0.4, -0.2) is 28.7 Å². The molecule has 130 valence electrons. The minimum absolute atomic E-state index is 0.0340. The fourth-order valence-corrected chi connectivity index (χ4v) is 3.31. The zero-order valence-electron chi connectivity index (χ0n) is 14.8. The Hall–Kier alpha value is -1.66. The lowest BCUT2D eigenvalue weighted by atomic mass is 9.96. The van der Waals surface area contributed by atoms with Crippen molar-refractivity contribution in [2.24, 2.45) is 0 Å². The van der Waals surface area contributed by atoms with Crippen LogP contribution in [0.25, 0.3) is 0 Å². The van der Waals surface area contributed by atoms with E-state index in [2.05, 4.69) is 48.4 Å². The molecule has 5 nitrogen and oxygen atoms in total. The summed E-state index contributed by atoms with van der Waals surface area (Å²) in [7, 11) is 0. The van der Waals surface area contributed by atoms with E-state index in [1.165, 1.54) is 11.5 Å². The second kappa shape index (κ2) is 7.07. The first-order valence-electron chi connectivity index (χ1n) is 8.38. The average molecular weight is 347 g/mol. The van der Waals surface area contributed by atoms with Crippen LogP contribution in [0.15, 0.2) is 18.2 Å². The van der Waals surface area contributed by atoms with Crippen LogP contribution < -0.4 is 10.1 Å². The molecule has 0 saturated carbocycles. The molecule has 1 N–H and O–H groups in total. The van der Waals surface area contributed by atoms with Gasteiger partial charge in [-0.15, -0.1) is 0 Å². The predicted molar refractivity (Wildman–Crippen MR) is 97.5 cm³/mol. The second-order valence-corrected chi connectivity index (χ2v) is 7.96. The van der Waals surface area contributed by atoms with E-state index in [1.807, 2.05) is 12.1 Å². The highest BCUT2D eigenvalue weighted by atomic mass is 32.1. The van der Waals surface area contributed by atoms with Crippen LogP contribution in [0.1, 0.15) is 45.0 Å². The monoisotopic (exact) mass is 347 g/mol. The number of nitrogens with one attached hydrogen (secondary N) is 1. The number of benzene rings is 1. The van der Waals surface area contributed by atoms with Crippen molar-refractivity contribution >= 4 is 22.4 Å². The summed E-state index contributed by atoms with van der Waals surface area (Å²) in [6.07, 6.45) is 2.17. The average Bonchev–Trinajstić information content (AvgIpc) is 3.00. The number of hydrogen-bond acceptors (Lipinski definition) is 6. The van der Waals surface area contributed by atoms with Gasteiger partial charge in [0.25, 0.3) is 0 Å². The van der Waals surface area contributed by atoms with Crippen molar-refractivity contribution in [3.05, 3.63) is 29.6 Å². The molecule has 1 fully saturated rings. The summed E-state index contributed by atoms with van der Waals surface area (Å²) in [4.78, 5) is 4.57. The van der Waals surface area contributed by atoms with E-state index in [4.69, 9.17) is 9.47 Å². The zero-order valence-corrected chi connectivity index (χ0v) is 15.6. The van der Waals surface area contributed by atoms with Gasteiger partial charge in [0, 0.05) is 35.5 Å². The fourth-order valence-electron chi connectivity index (χ4n) is 2.54. The molecule has 24 heavy (non-hydrogen) atoms. The normalized spacial score (nSPS) is 16.2. The van der Waals surface area contributed by atoms with Gasteiger partial charge >= 0.3 is 0 Å². The smallest absolute Gasteiger partial charge is 0.207 e. The molecule has 1 aliphatic heterocycles. The lowest BCUT2D eigenvalue weighted by Gasteiger charge is -2.24. The van der Waals surface area contributed by atoms with Crippen LogP contribution in [0.4, 0.5) is 10.8 Å². The Morgan fingerprint density at radius 1 is 1.25 bits per heavy atom. The molecule has 3 rings (SSSR count). The molecule has 0 atom stereocenters. The number of nitrogens with zero attached hydrogens (tertiary/aromatic N) is 2. The number of aryl methyl sites for hydroxylation is 1. The zero-order chi connectivity index (χ0) is 17.2. The highest BCUT2D eigenvalue weighted by Crippen LogP contribution is 2.29. The van der Waals surface area contributed by atoms with Crippen molar-refractivity contribution in [2.75, 3.05) is 18.5 Å². The van der Waals surface area contributed by atoms with Gasteiger partial charge in [-0.25, -0.2) is 4.98 Å². The number of anilines is 2. The van der Waals surface area contributed by atoms with Gasteiger partial charge in [-0.2, -0.15) is 4.37 Å². The van der Waals surface area contributed by atoms with Gasteiger partial charge in [0.15, 0.2) is 0 Å². The van der Waals surface area contributed by atoms with Gasteiger partial charge in [0.05, 0.1) is 13.2 Å². The van der Waals surface area contributed by atoms with Crippen LogP contribution in [0.3, 0.4) is 0 Å². The molecule has 0 spiro atoms. The fraction of sp³-hybridized carbons (Fsp3) is 0.556. The highest BCUT2D eigenvalue weighted by Gasteiger charge is 2.20. The van der Waals surface area contributed by atoms with Gasteiger partial charge in [-0.1, -0.05) is 20.8 Å². The van der Waals surface area contributed by atoms with Crippen molar-refractivity contribution < 1.29 is 9.47 Å². The summed E-state index contributed by atoms with van der Waals surface area (Å²) in [5.74, 6) is 1.81. The molecule has 2 aromatic rings. The maximum Gasteiger partial charge on any atom is 0.207 e. The highest BCUT2D eigenvalue weighted by molar-refractivity contribution is 7.09. The standard InChI is InChI=1S/C18H25N3O2S/c1-12-11-13(19-17-20-16(21-24-17)18(2,3)4)5-6-15(12)23-14-7-9-22-10-8-14/h5-6,11,14H,7-10H2,1-4H3,(H,19,20,21). The topological polar surface area (TPSA) is 56.3 Å². The molecule has 2 heterocycles. The molecule has 6 heteroatoms. The minimum Gasteiger partial charge on any atom is -0.490 e. The molecule has 1 aliphatic rings. The largest absolute Gasteiger partial charge is 0.490 e. The second-order valence-electron chi connectivity index (χ2n) is 7.21. The van der Waals surface area contributed by atoms with E-state index in [-0.39, 0.29) is 11.5 Å². The van der Waals surface area contributed by atoms with E-state index in [9.17, 15) is 0 Å². The molecule has 0 aliphatic carbocycles. The molecular formula is C18H25N3O2S. The Balaban J connectivity index is 1.67. The summed E-state index contributed by atoms with van der Waals surface area (Å²) in [5.41, 5.74) is 2.09. The van der Waals surface area contributed by atoms with Gasteiger partial charge in [0.1, 0.15) is 17.7 Å². The van der Waals surface area contributed by atoms with Crippen LogP contribution in [-0.2, 0) is 10.2 Å². The van der Waals surface area contributed by atoms with E-state index in [0.717, 1.165) is 54.0 Å². The van der Waals surface area contributed by atoms with Crippen LogP contribution in [0, 0.1) is 6.92 Å². The maximum absolute atomic E-state index is 6.11. The van der Waals surface area contributed by atoms with Gasteiger partial charge in [0.2, 0.25) is 5.13 Å². The van der Waals surface area contributed by atoms with Crippen molar-refractivity contribution in [1.82, 2.24) is 9.36 Å². The lowest BCUT2D eigenvalue weighted by Crippen LogP contribution is -2.26. The number of rotatable bonds is 4. The minimum atomic E-state index is -0.0340. The predicted octanol–water partition coefficient (Wildman–Crippen LogP) is 4.45. The number of aromatic nitrogens is 2. The summed E-state index contributed by atoms with van der Waals surface area (Å²) < 4.78 is 15.9. The molecule has 1 aromatic heterocycles. The summed E-state index contributed by atoms with van der Waals surface area (Å²) >= 11 is 1.39. The van der Waals surface area contributed by atoms with Crippen LogP contribution >= 0.6 is 11.5 Å². The Labute approximate surface area is 147 Å². The third-order valence-electron chi connectivity index (χ3n) is 3.99. The van der Waals surface area contributed by atoms with Crippen LogP contribution in [0.5, 0.6) is 5.75 Å². The van der Waals surface area contributed by atoms with Crippen LogP contribution in [0.2, 0.25) is 0 Å². The SMILES string of the molecule is Cc1cc(Nc2nc(C(C)(C)C)ns2)ccc1OC1CCOCC1. The number of hydrogen-bond donors (Lipinski definition) is 1. The Bertz CT molecular complexity index is 688. The van der Waals surface area contributed by atoms with Crippen molar-refractivity contribution in [3.8, 4) is 5.75 Å². The maximum atomic E-state index is 6.11. The van der Waals surface area contributed by atoms with Gasteiger partial charge in [-0.3, -0.25) is 0 Å². The molecule has 0 unspecified atom stereocenters. The molecule has 0 amide bonds. The molecule has 1 saturated heterocycles. The Kier molecular flexibility index (Phi) is 5.06. The van der Waals surface area contributed by atoms with Gasteiger partial charge in [-0.05, 0) is 30.7 Å². The number of ether oxygens (including phenoxy) is 2.